The molecular weight excluding hydrogens is 290 g/mol. The minimum Gasteiger partial charge on any atom is -0.379 e. The molecule has 6 nitrogen and oxygen atoms in total. The van der Waals surface area contributed by atoms with Crippen LogP contribution in [0.25, 0.3) is 10.9 Å². The summed E-state index contributed by atoms with van der Waals surface area (Å²) in [6, 6.07) is 2.34. The van der Waals surface area contributed by atoms with Crippen LogP contribution in [0.2, 0.25) is 0 Å². The Morgan fingerprint density at radius 1 is 1.26 bits per heavy atom. The fourth-order valence-electron chi connectivity index (χ4n) is 3.40. The molecule has 2 aliphatic heterocycles. The molecule has 1 saturated heterocycles. The summed E-state index contributed by atoms with van der Waals surface area (Å²) in [7, 11) is 0. The zero-order valence-corrected chi connectivity index (χ0v) is 14.2. The van der Waals surface area contributed by atoms with Crippen LogP contribution >= 0.6 is 0 Å². The number of anilines is 2. The van der Waals surface area contributed by atoms with Gasteiger partial charge in [0.05, 0.1) is 29.2 Å². The molecule has 4 heterocycles. The van der Waals surface area contributed by atoms with Crippen molar-refractivity contribution in [3.05, 3.63) is 17.5 Å². The first-order chi connectivity index (χ1) is 11.2. The zero-order valence-electron chi connectivity index (χ0n) is 14.2. The highest BCUT2D eigenvalue weighted by Gasteiger charge is 2.29. The van der Waals surface area contributed by atoms with E-state index in [0.717, 1.165) is 67.1 Å². The van der Waals surface area contributed by atoms with Crippen LogP contribution in [-0.2, 0) is 11.2 Å². The van der Waals surface area contributed by atoms with Gasteiger partial charge in [-0.1, -0.05) is 13.8 Å². The van der Waals surface area contributed by atoms with Gasteiger partial charge in [-0.2, -0.15) is 4.98 Å². The Morgan fingerprint density at radius 3 is 2.91 bits per heavy atom. The number of fused-ring (bicyclic) bond motifs is 2. The highest BCUT2D eigenvalue weighted by molar-refractivity contribution is 5.93. The summed E-state index contributed by atoms with van der Waals surface area (Å²) in [4.78, 5) is 16.0. The number of pyridine rings is 1. The quantitative estimate of drug-likeness (QED) is 0.805. The SMILES string of the molecule is CC.Cc1cc2nc(N)nc3c2c(n1)CCC1COCCCN31. The Kier molecular flexibility index (Phi) is 4.61. The lowest BCUT2D eigenvalue weighted by Crippen LogP contribution is -2.37. The van der Waals surface area contributed by atoms with Crippen molar-refractivity contribution in [1.29, 1.82) is 0 Å². The maximum absolute atomic E-state index is 5.94. The normalized spacial score (nSPS) is 20.1. The fourth-order valence-corrected chi connectivity index (χ4v) is 3.40. The summed E-state index contributed by atoms with van der Waals surface area (Å²) in [5, 5.41) is 1.07. The molecule has 2 aliphatic rings. The monoisotopic (exact) mass is 315 g/mol. The lowest BCUT2D eigenvalue weighted by molar-refractivity contribution is 0.132. The summed E-state index contributed by atoms with van der Waals surface area (Å²) in [6.07, 6.45) is 2.97. The van der Waals surface area contributed by atoms with Gasteiger partial charge in [-0.25, -0.2) is 4.98 Å². The van der Waals surface area contributed by atoms with Gasteiger partial charge in [0, 0.05) is 18.8 Å². The van der Waals surface area contributed by atoms with Crippen LogP contribution in [0, 0.1) is 6.92 Å². The van der Waals surface area contributed by atoms with Crippen LogP contribution in [-0.4, -0.2) is 40.8 Å². The van der Waals surface area contributed by atoms with E-state index in [-0.39, 0.29) is 0 Å². The number of nitrogens with zero attached hydrogens (tertiary/aromatic N) is 4. The molecule has 124 valence electrons. The Bertz CT molecular complexity index is 698. The van der Waals surface area contributed by atoms with Crippen LogP contribution in [0.5, 0.6) is 0 Å². The van der Waals surface area contributed by atoms with Gasteiger partial charge in [0.2, 0.25) is 5.95 Å². The lowest BCUT2D eigenvalue weighted by atomic mass is 10.1. The summed E-state index contributed by atoms with van der Waals surface area (Å²) >= 11 is 0. The van der Waals surface area contributed by atoms with Gasteiger partial charge in [0.25, 0.3) is 0 Å². The third-order valence-electron chi connectivity index (χ3n) is 4.31. The maximum atomic E-state index is 5.94. The first-order valence-corrected chi connectivity index (χ1v) is 8.50. The molecule has 0 saturated carbocycles. The van der Waals surface area contributed by atoms with Gasteiger partial charge in [-0.15, -0.1) is 0 Å². The van der Waals surface area contributed by atoms with Gasteiger partial charge in [0.15, 0.2) is 0 Å². The molecule has 0 aromatic carbocycles. The van der Waals surface area contributed by atoms with Crippen molar-refractivity contribution in [1.82, 2.24) is 15.0 Å². The molecule has 4 rings (SSSR count). The van der Waals surface area contributed by atoms with Gasteiger partial charge in [-0.05, 0) is 32.3 Å². The number of aromatic nitrogens is 3. The van der Waals surface area contributed by atoms with Crippen molar-refractivity contribution in [3.63, 3.8) is 0 Å². The fraction of sp³-hybridized carbons (Fsp3) is 0.588. The second-order valence-corrected chi connectivity index (χ2v) is 5.82. The van der Waals surface area contributed by atoms with Crippen LogP contribution in [0.3, 0.4) is 0 Å². The molecule has 2 aromatic heterocycles. The molecule has 6 heteroatoms. The average Bonchev–Trinajstić information content (AvgIpc) is 2.84. The zero-order chi connectivity index (χ0) is 16.4. The summed E-state index contributed by atoms with van der Waals surface area (Å²) in [6.45, 7) is 8.51. The van der Waals surface area contributed by atoms with Crippen molar-refractivity contribution in [2.75, 3.05) is 30.4 Å². The molecule has 0 spiro atoms. The van der Waals surface area contributed by atoms with Gasteiger partial charge in [-0.3, -0.25) is 4.98 Å². The molecular formula is C17H25N5O. The summed E-state index contributed by atoms with van der Waals surface area (Å²) in [5.41, 5.74) is 8.92. The Hall–Kier alpha value is -1.95. The largest absolute Gasteiger partial charge is 0.379 e. The molecule has 0 aliphatic carbocycles. The second-order valence-electron chi connectivity index (χ2n) is 5.82. The first-order valence-electron chi connectivity index (χ1n) is 8.50. The topological polar surface area (TPSA) is 77.2 Å². The molecule has 1 fully saturated rings. The summed E-state index contributed by atoms with van der Waals surface area (Å²) in [5.74, 6) is 1.27. The van der Waals surface area contributed by atoms with Crippen LogP contribution < -0.4 is 10.6 Å². The minimum absolute atomic E-state index is 0.333. The molecule has 1 atom stereocenters. The van der Waals surface area contributed by atoms with E-state index in [0.29, 0.717) is 12.0 Å². The molecule has 0 bridgehead atoms. The molecule has 1 unspecified atom stereocenters. The van der Waals surface area contributed by atoms with E-state index in [4.69, 9.17) is 15.5 Å². The van der Waals surface area contributed by atoms with Crippen LogP contribution in [0.4, 0.5) is 11.8 Å². The van der Waals surface area contributed by atoms with Crippen molar-refractivity contribution in [2.24, 2.45) is 0 Å². The van der Waals surface area contributed by atoms with E-state index in [1.165, 1.54) is 0 Å². The molecule has 23 heavy (non-hydrogen) atoms. The summed E-state index contributed by atoms with van der Waals surface area (Å²) < 4.78 is 5.73. The number of aryl methyl sites for hydroxylation is 2. The molecule has 2 aromatic rings. The highest BCUT2D eigenvalue weighted by Crippen LogP contribution is 2.34. The Labute approximate surface area is 137 Å². The average molecular weight is 315 g/mol. The van der Waals surface area contributed by atoms with Crippen LogP contribution in [0.15, 0.2) is 6.07 Å². The lowest BCUT2D eigenvalue weighted by Gasteiger charge is -2.29. The number of hydrogen-bond donors (Lipinski definition) is 1. The molecule has 0 amide bonds. The number of ether oxygens (including phenoxy) is 1. The predicted octanol–water partition coefficient (Wildman–Crippen LogP) is 2.48. The van der Waals surface area contributed by atoms with Crippen molar-refractivity contribution < 1.29 is 4.74 Å². The van der Waals surface area contributed by atoms with E-state index >= 15 is 0 Å². The van der Waals surface area contributed by atoms with Gasteiger partial charge < -0.3 is 15.4 Å². The number of rotatable bonds is 0. The van der Waals surface area contributed by atoms with E-state index in [9.17, 15) is 0 Å². The third kappa shape index (κ3) is 2.95. The second kappa shape index (κ2) is 6.66. The molecule has 0 radical (unpaired) electrons. The van der Waals surface area contributed by atoms with Crippen LogP contribution in [0.1, 0.15) is 38.1 Å². The van der Waals surface area contributed by atoms with Crippen molar-refractivity contribution >= 4 is 22.7 Å². The number of nitrogens with two attached hydrogens (primary N) is 1. The number of nitrogen functional groups attached to an aromatic ring is 1. The van der Waals surface area contributed by atoms with Gasteiger partial charge in [0.1, 0.15) is 5.82 Å². The van der Waals surface area contributed by atoms with Gasteiger partial charge >= 0.3 is 0 Å². The third-order valence-corrected chi connectivity index (χ3v) is 4.31. The van der Waals surface area contributed by atoms with E-state index in [2.05, 4.69) is 14.9 Å². The van der Waals surface area contributed by atoms with E-state index < -0.39 is 0 Å². The predicted molar refractivity (Wildman–Crippen MR) is 92.7 cm³/mol. The highest BCUT2D eigenvalue weighted by atomic mass is 16.5. The first kappa shape index (κ1) is 15.9. The van der Waals surface area contributed by atoms with E-state index in [1.54, 1.807) is 0 Å². The Morgan fingerprint density at radius 2 is 2.09 bits per heavy atom. The van der Waals surface area contributed by atoms with Crippen molar-refractivity contribution in [2.45, 2.75) is 46.1 Å². The minimum atomic E-state index is 0.333. The van der Waals surface area contributed by atoms with Crippen molar-refractivity contribution in [3.8, 4) is 0 Å². The van der Waals surface area contributed by atoms with E-state index in [1.807, 2.05) is 26.8 Å². The molecule has 2 N–H and O–H groups in total. The standard InChI is InChI=1S/C15H19N5O.C2H6/c1-9-7-12-13-11(17-9)4-3-10-8-21-6-2-5-20(10)14(13)19-15(16)18-12;1-2/h7,10H,2-6,8H2,1H3,(H2,16,18,19);1-2H3. The maximum Gasteiger partial charge on any atom is 0.222 e. The Balaban J connectivity index is 0.000000753. The number of hydrogen-bond acceptors (Lipinski definition) is 6. The smallest absolute Gasteiger partial charge is 0.222 e.